The lowest BCUT2D eigenvalue weighted by Gasteiger charge is -2.23. The van der Waals surface area contributed by atoms with Crippen molar-refractivity contribution in [1.82, 2.24) is 10.6 Å². The number of carbonyl (C=O) groups is 1. The average molecular weight is 276 g/mol. The standard InChI is InChI=1S/C16H24N2O2/c1-12-5-3-7-15(13(12)2)20-10-8-16(19)18-14-6-4-9-17-11-14/h3,5,7,14,17H,4,6,8-11H2,1-2H3,(H,18,19)/t14-/m0/s1. The van der Waals surface area contributed by atoms with Crippen molar-refractivity contribution in [3.05, 3.63) is 29.3 Å². The monoisotopic (exact) mass is 276 g/mol. The summed E-state index contributed by atoms with van der Waals surface area (Å²) in [6, 6.07) is 6.26. The van der Waals surface area contributed by atoms with Gasteiger partial charge in [-0.2, -0.15) is 0 Å². The lowest BCUT2D eigenvalue weighted by atomic mass is 10.1. The minimum absolute atomic E-state index is 0.0732. The number of rotatable bonds is 5. The molecule has 2 rings (SSSR count). The molecule has 1 aliphatic rings. The summed E-state index contributed by atoms with van der Waals surface area (Å²) in [6.45, 7) is 6.46. The molecule has 1 aromatic rings. The van der Waals surface area contributed by atoms with Crippen LogP contribution < -0.4 is 15.4 Å². The first kappa shape index (κ1) is 14.9. The molecule has 0 spiro atoms. The molecule has 1 aliphatic heterocycles. The molecule has 1 amide bonds. The first-order chi connectivity index (χ1) is 9.66. The second-order valence-electron chi connectivity index (χ2n) is 5.41. The highest BCUT2D eigenvalue weighted by Crippen LogP contribution is 2.20. The zero-order valence-electron chi connectivity index (χ0n) is 12.4. The third kappa shape index (κ3) is 4.23. The summed E-state index contributed by atoms with van der Waals surface area (Å²) >= 11 is 0. The fraction of sp³-hybridized carbons (Fsp3) is 0.562. The maximum absolute atomic E-state index is 11.8. The second kappa shape index (κ2) is 7.29. The van der Waals surface area contributed by atoms with Gasteiger partial charge in [-0.05, 0) is 50.4 Å². The van der Waals surface area contributed by atoms with E-state index < -0.39 is 0 Å². The van der Waals surface area contributed by atoms with E-state index in [-0.39, 0.29) is 11.9 Å². The third-order valence-corrected chi connectivity index (χ3v) is 3.80. The summed E-state index contributed by atoms with van der Waals surface area (Å²) < 4.78 is 5.70. The summed E-state index contributed by atoms with van der Waals surface area (Å²) in [5.41, 5.74) is 2.35. The van der Waals surface area contributed by atoms with Crippen molar-refractivity contribution in [2.45, 2.75) is 39.2 Å². The van der Waals surface area contributed by atoms with Gasteiger partial charge < -0.3 is 15.4 Å². The van der Waals surface area contributed by atoms with Gasteiger partial charge in [0.2, 0.25) is 5.91 Å². The Kier molecular flexibility index (Phi) is 5.41. The van der Waals surface area contributed by atoms with Gasteiger partial charge in [0, 0.05) is 12.6 Å². The molecule has 1 heterocycles. The van der Waals surface area contributed by atoms with Crippen molar-refractivity contribution >= 4 is 5.91 Å². The predicted molar refractivity (Wildman–Crippen MR) is 80.1 cm³/mol. The highest BCUT2D eigenvalue weighted by Gasteiger charge is 2.15. The molecule has 0 radical (unpaired) electrons. The molecule has 0 saturated carbocycles. The van der Waals surface area contributed by atoms with E-state index in [4.69, 9.17) is 4.74 Å². The van der Waals surface area contributed by atoms with E-state index in [1.807, 2.05) is 19.1 Å². The van der Waals surface area contributed by atoms with E-state index >= 15 is 0 Å². The first-order valence-corrected chi connectivity index (χ1v) is 7.36. The summed E-state index contributed by atoms with van der Waals surface area (Å²) in [7, 11) is 0. The predicted octanol–water partition coefficient (Wildman–Crippen LogP) is 1.94. The molecule has 4 nitrogen and oxygen atoms in total. The van der Waals surface area contributed by atoms with Crippen LogP contribution in [0.5, 0.6) is 5.75 Å². The largest absolute Gasteiger partial charge is 0.493 e. The Bertz CT molecular complexity index is 454. The topological polar surface area (TPSA) is 50.4 Å². The van der Waals surface area contributed by atoms with Crippen molar-refractivity contribution in [1.29, 1.82) is 0 Å². The van der Waals surface area contributed by atoms with Crippen LogP contribution in [-0.2, 0) is 4.79 Å². The van der Waals surface area contributed by atoms with Gasteiger partial charge in [0.25, 0.3) is 0 Å². The molecular weight excluding hydrogens is 252 g/mol. The van der Waals surface area contributed by atoms with Gasteiger partial charge in [-0.15, -0.1) is 0 Å². The minimum Gasteiger partial charge on any atom is -0.493 e. The summed E-state index contributed by atoms with van der Waals surface area (Å²) in [5.74, 6) is 0.945. The zero-order chi connectivity index (χ0) is 14.4. The van der Waals surface area contributed by atoms with Crippen LogP contribution in [0.25, 0.3) is 0 Å². The quantitative estimate of drug-likeness (QED) is 0.864. The first-order valence-electron chi connectivity index (χ1n) is 7.36. The molecule has 110 valence electrons. The maximum Gasteiger partial charge on any atom is 0.223 e. The van der Waals surface area contributed by atoms with Gasteiger partial charge in [0.1, 0.15) is 5.75 Å². The smallest absolute Gasteiger partial charge is 0.223 e. The van der Waals surface area contributed by atoms with Crippen LogP contribution in [-0.4, -0.2) is 31.6 Å². The Morgan fingerprint density at radius 3 is 3.05 bits per heavy atom. The molecule has 1 aromatic carbocycles. The lowest BCUT2D eigenvalue weighted by Crippen LogP contribution is -2.45. The van der Waals surface area contributed by atoms with Gasteiger partial charge in [0.15, 0.2) is 0 Å². The second-order valence-corrected chi connectivity index (χ2v) is 5.41. The molecule has 0 bridgehead atoms. The van der Waals surface area contributed by atoms with Crippen molar-refractivity contribution < 1.29 is 9.53 Å². The number of hydrogen-bond donors (Lipinski definition) is 2. The lowest BCUT2D eigenvalue weighted by molar-refractivity contribution is -0.122. The average Bonchev–Trinajstić information content (AvgIpc) is 2.44. The Morgan fingerprint density at radius 2 is 2.30 bits per heavy atom. The van der Waals surface area contributed by atoms with Crippen LogP contribution in [0.4, 0.5) is 0 Å². The van der Waals surface area contributed by atoms with E-state index in [0.29, 0.717) is 13.0 Å². The van der Waals surface area contributed by atoms with Crippen LogP contribution in [0.15, 0.2) is 18.2 Å². The van der Waals surface area contributed by atoms with E-state index in [2.05, 4.69) is 23.6 Å². The fourth-order valence-electron chi connectivity index (χ4n) is 2.41. The molecule has 1 saturated heterocycles. The highest BCUT2D eigenvalue weighted by atomic mass is 16.5. The van der Waals surface area contributed by atoms with E-state index in [1.165, 1.54) is 5.56 Å². The molecule has 2 N–H and O–H groups in total. The molecule has 20 heavy (non-hydrogen) atoms. The molecule has 1 atom stereocenters. The van der Waals surface area contributed by atoms with Crippen molar-refractivity contribution in [2.75, 3.05) is 19.7 Å². The van der Waals surface area contributed by atoms with Crippen molar-refractivity contribution in [2.24, 2.45) is 0 Å². The van der Waals surface area contributed by atoms with Crippen molar-refractivity contribution in [3.63, 3.8) is 0 Å². The molecule has 0 unspecified atom stereocenters. The number of piperidine rings is 1. The fourth-order valence-corrected chi connectivity index (χ4v) is 2.41. The van der Waals surface area contributed by atoms with Gasteiger partial charge in [-0.3, -0.25) is 4.79 Å². The SMILES string of the molecule is Cc1cccc(OCCC(=O)N[C@H]2CCCNC2)c1C. The van der Waals surface area contributed by atoms with Gasteiger partial charge in [-0.25, -0.2) is 0 Å². The number of ether oxygens (including phenoxy) is 1. The Labute approximate surface area is 120 Å². The number of hydrogen-bond acceptors (Lipinski definition) is 3. The number of nitrogens with one attached hydrogen (secondary N) is 2. The molecule has 0 aliphatic carbocycles. The number of amides is 1. The summed E-state index contributed by atoms with van der Waals surface area (Å²) in [6.07, 6.45) is 2.60. The minimum atomic E-state index is 0.0732. The summed E-state index contributed by atoms with van der Waals surface area (Å²) in [4.78, 5) is 11.8. The van der Waals surface area contributed by atoms with E-state index in [9.17, 15) is 4.79 Å². The number of carbonyl (C=O) groups excluding carboxylic acids is 1. The Morgan fingerprint density at radius 1 is 1.45 bits per heavy atom. The van der Waals surface area contributed by atoms with Gasteiger partial charge >= 0.3 is 0 Å². The number of benzene rings is 1. The summed E-state index contributed by atoms with van der Waals surface area (Å²) in [5, 5.41) is 6.34. The van der Waals surface area contributed by atoms with Gasteiger partial charge in [0.05, 0.1) is 13.0 Å². The molecule has 1 fully saturated rings. The van der Waals surface area contributed by atoms with Crippen molar-refractivity contribution in [3.8, 4) is 5.75 Å². The van der Waals surface area contributed by atoms with Gasteiger partial charge in [-0.1, -0.05) is 12.1 Å². The van der Waals surface area contributed by atoms with E-state index in [1.54, 1.807) is 0 Å². The Hall–Kier alpha value is -1.55. The maximum atomic E-state index is 11.8. The van der Waals surface area contributed by atoms with Crippen LogP contribution in [0.1, 0.15) is 30.4 Å². The molecule has 4 heteroatoms. The van der Waals surface area contributed by atoms with Crippen LogP contribution in [0, 0.1) is 13.8 Å². The molecule has 0 aromatic heterocycles. The number of aryl methyl sites for hydroxylation is 1. The van der Waals surface area contributed by atoms with E-state index in [0.717, 1.165) is 37.2 Å². The van der Waals surface area contributed by atoms with Crippen LogP contribution >= 0.6 is 0 Å². The normalized spacial score (nSPS) is 18.6. The Balaban J connectivity index is 1.72. The highest BCUT2D eigenvalue weighted by molar-refractivity contribution is 5.76. The van der Waals surface area contributed by atoms with Crippen LogP contribution in [0.2, 0.25) is 0 Å². The molecular formula is C16H24N2O2. The van der Waals surface area contributed by atoms with Crippen LogP contribution in [0.3, 0.4) is 0 Å². The zero-order valence-corrected chi connectivity index (χ0v) is 12.4. The third-order valence-electron chi connectivity index (χ3n) is 3.80.